The fraction of sp³-hybridized carbons (Fsp3) is 0.429. The predicted octanol–water partition coefficient (Wildman–Crippen LogP) is 3.48. The van der Waals surface area contributed by atoms with Crippen molar-refractivity contribution in [3.05, 3.63) is 65.7 Å². The van der Waals surface area contributed by atoms with E-state index in [9.17, 15) is 5.11 Å². The second-order valence-electron chi connectivity index (χ2n) is 6.24. The van der Waals surface area contributed by atoms with Crippen molar-refractivity contribution in [2.45, 2.75) is 32.6 Å². The van der Waals surface area contributed by atoms with Crippen molar-refractivity contribution in [3.63, 3.8) is 0 Å². The monoisotopic (exact) mass is 343 g/mol. The summed E-state index contributed by atoms with van der Waals surface area (Å²) < 4.78 is 10.8. The highest BCUT2D eigenvalue weighted by molar-refractivity contribution is 5.27. The van der Waals surface area contributed by atoms with Crippen molar-refractivity contribution in [3.8, 4) is 5.75 Å². The van der Waals surface area contributed by atoms with Crippen LogP contribution in [0.15, 0.2) is 54.6 Å². The van der Waals surface area contributed by atoms with Gasteiger partial charge in [-0.3, -0.25) is 4.90 Å². The van der Waals surface area contributed by atoms with Gasteiger partial charge in [0.2, 0.25) is 0 Å². The van der Waals surface area contributed by atoms with E-state index in [1.54, 1.807) is 7.11 Å². The van der Waals surface area contributed by atoms with E-state index < -0.39 is 6.10 Å². The van der Waals surface area contributed by atoms with Gasteiger partial charge in [-0.1, -0.05) is 49.4 Å². The molecule has 0 bridgehead atoms. The lowest BCUT2D eigenvalue weighted by Crippen LogP contribution is -2.35. The molecule has 0 aromatic heterocycles. The van der Waals surface area contributed by atoms with Gasteiger partial charge in [0.25, 0.3) is 0 Å². The number of aliphatic hydroxyl groups is 1. The zero-order valence-electron chi connectivity index (χ0n) is 15.2. The third kappa shape index (κ3) is 7.26. The number of hydrogen-bond donors (Lipinski definition) is 1. The summed E-state index contributed by atoms with van der Waals surface area (Å²) in [4.78, 5) is 2.26. The average Bonchev–Trinajstić information content (AvgIpc) is 2.63. The highest BCUT2D eigenvalue weighted by Gasteiger charge is 2.12. The molecule has 0 aliphatic carbocycles. The molecular weight excluding hydrogens is 314 g/mol. The summed E-state index contributed by atoms with van der Waals surface area (Å²) >= 11 is 0. The Balaban J connectivity index is 1.78. The summed E-state index contributed by atoms with van der Waals surface area (Å²) in [7, 11) is 1.67. The maximum absolute atomic E-state index is 10.3. The molecule has 1 atom stereocenters. The van der Waals surface area contributed by atoms with Gasteiger partial charge in [0.05, 0.1) is 26.4 Å². The van der Waals surface area contributed by atoms with Crippen LogP contribution in [0, 0.1) is 0 Å². The van der Waals surface area contributed by atoms with Crippen LogP contribution in [0.25, 0.3) is 0 Å². The molecule has 0 unspecified atom stereocenters. The molecule has 2 aromatic carbocycles. The van der Waals surface area contributed by atoms with Crippen LogP contribution in [0.5, 0.6) is 5.75 Å². The summed E-state index contributed by atoms with van der Waals surface area (Å²) in [5.41, 5.74) is 2.34. The van der Waals surface area contributed by atoms with Crippen molar-refractivity contribution in [1.82, 2.24) is 4.90 Å². The fourth-order valence-corrected chi connectivity index (χ4v) is 2.78. The number of benzene rings is 2. The molecule has 4 nitrogen and oxygen atoms in total. The van der Waals surface area contributed by atoms with Crippen molar-refractivity contribution in [2.24, 2.45) is 0 Å². The average molecular weight is 343 g/mol. The van der Waals surface area contributed by atoms with Crippen molar-refractivity contribution in [1.29, 1.82) is 0 Å². The Morgan fingerprint density at radius 3 is 2.36 bits per heavy atom. The molecule has 25 heavy (non-hydrogen) atoms. The molecule has 0 aliphatic rings. The fourth-order valence-electron chi connectivity index (χ4n) is 2.78. The number of hydrogen-bond acceptors (Lipinski definition) is 4. The number of methoxy groups -OCH3 is 1. The van der Waals surface area contributed by atoms with Gasteiger partial charge in [-0.15, -0.1) is 0 Å². The number of ether oxygens (including phenoxy) is 2. The third-order valence-electron chi connectivity index (χ3n) is 4.00. The first-order valence-corrected chi connectivity index (χ1v) is 8.86. The van der Waals surface area contributed by atoms with E-state index in [-0.39, 0.29) is 0 Å². The van der Waals surface area contributed by atoms with Gasteiger partial charge in [-0.05, 0) is 36.2 Å². The van der Waals surface area contributed by atoms with Crippen LogP contribution in [0.1, 0.15) is 24.5 Å². The summed E-state index contributed by atoms with van der Waals surface area (Å²) in [5, 5.41) is 10.3. The molecule has 0 saturated heterocycles. The minimum atomic E-state index is -0.492. The van der Waals surface area contributed by atoms with Gasteiger partial charge in [-0.25, -0.2) is 0 Å². The molecular formula is C21H29NO3. The van der Waals surface area contributed by atoms with E-state index in [0.29, 0.717) is 19.8 Å². The Morgan fingerprint density at radius 1 is 1.00 bits per heavy atom. The molecule has 0 radical (unpaired) electrons. The molecule has 2 aromatic rings. The standard InChI is InChI=1S/C21H29NO3/c1-3-13-22(14-18-9-11-21(24-2)12-10-18)15-20(23)17-25-16-19-7-5-4-6-8-19/h4-12,20,23H,3,13-17H2,1-2H3/t20-/m1/s1. The van der Waals surface area contributed by atoms with Gasteiger partial charge in [0, 0.05) is 13.1 Å². The van der Waals surface area contributed by atoms with Gasteiger partial charge >= 0.3 is 0 Å². The summed E-state index contributed by atoms with van der Waals surface area (Å²) in [6.45, 7) is 5.39. The lowest BCUT2D eigenvalue weighted by molar-refractivity contribution is 0.00856. The van der Waals surface area contributed by atoms with E-state index in [4.69, 9.17) is 9.47 Å². The second-order valence-corrected chi connectivity index (χ2v) is 6.24. The summed E-state index contributed by atoms with van der Waals surface area (Å²) in [5.74, 6) is 0.861. The zero-order chi connectivity index (χ0) is 17.9. The highest BCUT2D eigenvalue weighted by Crippen LogP contribution is 2.13. The highest BCUT2D eigenvalue weighted by atomic mass is 16.5. The van der Waals surface area contributed by atoms with Crippen molar-refractivity contribution >= 4 is 0 Å². The number of nitrogens with zero attached hydrogens (tertiary/aromatic N) is 1. The SMILES string of the molecule is CCCN(Cc1ccc(OC)cc1)C[C@@H](O)COCc1ccccc1. The van der Waals surface area contributed by atoms with Gasteiger partial charge in [-0.2, -0.15) is 0 Å². The third-order valence-corrected chi connectivity index (χ3v) is 4.00. The molecule has 1 N–H and O–H groups in total. The van der Waals surface area contributed by atoms with E-state index >= 15 is 0 Å². The minimum absolute atomic E-state index is 0.345. The number of rotatable bonds is 11. The van der Waals surface area contributed by atoms with Crippen LogP contribution in [0.4, 0.5) is 0 Å². The van der Waals surface area contributed by atoms with E-state index in [1.165, 1.54) is 5.56 Å². The number of aliphatic hydroxyl groups excluding tert-OH is 1. The maximum atomic E-state index is 10.3. The van der Waals surface area contributed by atoms with E-state index in [0.717, 1.165) is 30.8 Å². The van der Waals surface area contributed by atoms with Gasteiger partial charge in [0.1, 0.15) is 5.75 Å². The largest absolute Gasteiger partial charge is 0.497 e. The lowest BCUT2D eigenvalue weighted by Gasteiger charge is -2.24. The Kier molecular flexibility index (Phi) is 8.46. The first-order chi connectivity index (χ1) is 12.2. The molecule has 0 heterocycles. The van der Waals surface area contributed by atoms with Crippen molar-refractivity contribution < 1.29 is 14.6 Å². The summed E-state index contributed by atoms with van der Waals surface area (Å²) in [6.07, 6.45) is 0.557. The van der Waals surface area contributed by atoms with Crippen LogP contribution in [0.2, 0.25) is 0 Å². The second kappa shape index (κ2) is 10.9. The Morgan fingerprint density at radius 2 is 1.72 bits per heavy atom. The van der Waals surface area contributed by atoms with Gasteiger partial charge in [0.15, 0.2) is 0 Å². The van der Waals surface area contributed by atoms with Crippen LogP contribution in [0.3, 0.4) is 0 Å². The Hall–Kier alpha value is -1.88. The van der Waals surface area contributed by atoms with Crippen LogP contribution in [-0.4, -0.2) is 42.9 Å². The quantitative estimate of drug-likeness (QED) is 0.678. The van der Waals surface area contributed by atoms with Crippen molar-refractivity contribution in [2.75, 3.05) is 26.8 Å². The molecule has 4 heteroatoms. The predicted molar refractivity (Wildman–Crippen MR) is 101 cm³/mol. The van der Waals surface area contributed by atoms with Crippen LogP contribution >= 0.6 is 0 Å². The first-order valence-electron chi connectivity index (χ1n) is 8.86. The van der Waals surface area contributed by atoms with Crippen LogP contribution in [-0.2, 0) is 17.9 Å². The first kappa shape index (κ1) is 19.4. The molecule has 0 spiro atoms. The Bertz CT molecular complexity index is 586. The lowest BCUT2D eigenvalue weighted by atomic mass is 10.2. The smallest absolute Gasteiger partial charge is 0.118 e. The van der Waals surface area contributed by atoms with Gasteiger partial charge < -0.3 is 14.6 Å². The molecule has 0 amide bonds. The zero-order valence-corrected chi connectivity index (χ0v) is 15.2. The molecule has 0 saturated carbocycles. The van der Waals surface area contributed by atoms with Crippen LogP contribution < -0.4 is 4.74 Å². The minimum Gasteiger partial charge on any atom is -0.497 e. The molecule has 0 aliphatic heterocycles. The molecule has 0 fully saturated rings. The summed E-state index contributed by atoms with van der Waals surface area (Å²) in [6, 6.07) is 18.1. The normalized spacial score (nSPS) is 12.3. The topological polar surface area (TPSA) is 41.9 Å². The maximum Gasteiger partial charge on any atom is 0.118 e. The Labute approximate surface area is 151 Å². The molecule has 136 valence electrons. The van der Waals surface area contributed by atoms with E-state index in [1.807, 2.05) is 42.5 Å². The van der Waals surface area contributed by atoms with E-state index in [2.05, 4.69) is 24.0 Å². The molecule has 2 rings (SSSR count).